The highest BCUT2D eigenvalue weighted by atomic mass is 35.5. The van der Waals surface area contributed by atoms with Gasteiger partial charge in [-0.05, 0) is 94.0 Å². The van der Waals surface area contributed by atoms with Crippen LogP contribution >= 0.6 is 23.2 Å². The van der Waals surface area contributed by atoms with Crippen molar-refractivity contribution < 1.29 is 9.59 Å². The van der Waals surface area contributed by atoms with Gasteiger partial charge in [0.05, 0.1) is 16.1 Å². The van der Waals surface area contributed by atoms with Gasteiger partial charge in [-0.25, -0.2) is 0 Å². The molecule has 37 heavy (non-hydrogen) atoms. The fourth-order valence-corrected chi connectivity index (χ4v) is 6.95. The molecule has 0 bridgehead atoms. The number of benzene rings is 1. The van der Waals surface area contributed by atoms with Gasteiger partial charge in [-0.1, -0.05) is 43.5 Å². The molecular weight excluding hydrogens is 507 g/mol. The van der Waals surface area contributed by atoms with Crippen LogP contribution < -0.4 is 10.6 Å². The number of hydrogen-bond donors (Lipinski definition) is 2. The number of rotatable bonds is 8. The first kappa shape index (κ1) is 28.7. The summed E-state index contributed by atoms with van der Waals surface area (Å²) in [4.78, 5) is 31.2. The van der Waals surface area contributed by atoms with Crippen LogP contribution in [0.25, 0.3) is 0 Å². The molecule has 2 heterocycles. The molecule has 206 valence electrons. The molecule has 1 aromatic rings. The van der Waals surface area contributed by atoms with Crippen LogP contribution in [0.15, 0.2) is 18.2 Å². The van der Waals surface area contributed by atoms with Crippen molar-refractivity contribution in [2.24, 2.45) is 17.8 Å². The highest BCUT2D eigenvalue weighted by molar-refractivity contribution is 6.42. The Morgan fingerprint density at radius 1 is 1.03 bits per heavy atom. The number of carbonyl (C=O) groups excluding carboxylic acids is 2. The fourth-order valence-electron chi connectivity index (χ4n) is 6.65. The molecule has 3 fully saturated rings. The van der Waals surface area contributed by atoms with Crippen LogP contribution in [0, 0.1) is 17.8 Å². The molecule has 1 saturated carbocycles. The van der Waals surface area contributed by atoms with Gasteiger partial charge in [-0.15, -0.1) is 0 Å². The van der Waals surface area contributed by atoms with E-state index in [1.165, 1.54) is 38.5 Å². The lowest BCUT2D eigenvalue weighted by Crippen LogP contribution is -2.50. The number of amides is 2. The van der Waals surface area contributed by atoms with Gasteiger partial charge in [0.2, 0.25) is 5.91 Å². The molecular formula is C29H44Cl2N4O2. The summed E-state index contributed by atoms with van der Waals surface area (Å²) in [7, 11) is 0. The number of nitrogens with one attached hydrogen (secondary N) is 2. The van der Waals surface area contributed by atoms with E-state index in [-0.39, 0.29) is 23.9 Å². The van der Waals surface area contributed by atoms with E-state index in [9.17, 15) is 9.59 Å². The van der Waals surface area contributed by atoms with E-state index >= 15 is 0 Å². The van der Waals surface area contributed by atoms with Crippen molar-refractivity contribution in [1.82, 2.24) is 20.4 Å². The van der Waals surface area contributed by atoms with Crippen molar-refractivity contribution in [3.05, 3.63) is 33.8 Å². The monoisotopic (exact) mass is 550 g/mol. The zero-order chi connectivity index (χ0) is 26.4. The van der Waals surface area contributed by atoms with E-state index in [0.717, 1.165) is 57.4 Å². The van der Waals surface area contributed by atoms with E-state index in [2.05, 4.69) is 34.3 Å². The lowest BCUT2D eigenvalue weighted by molar-refractivity contribution is -0.134. The minimum absolute atomic E-state index is 0.0382. The minimum atomic E-state index is -0.213. The zero-order valence-electron chi connectivity index (χ0n) is 22.5. The van der Waals surface area contributed by atoms with Gasteiger partial charge in [-0.2, -0.15) is 0 Å². The van der Waals surface area contributed by atoms with E-state index in [0.29, 0.717) is 28.1 Å². The maximum Gasteiger partial charge on any atom is 0.251 e. The molecule has 8 heteroatoms. The van der Waals surface area contributed by atoms with Crippen LogP contribution in [0.1, 0.15) is 75.6 Å². The Hall–Kier alpha value is -1.34. The van der Waals surface area contributed by atoms with Gasteiger partial charge in [0.25, 0.3) is 5.91 Å². The highest BCUT2D eigenvalue weighted by Crippen LogP contribution is 2.33. The van der Waals surface area contributed by atoms with Crippen molar-refractivity contribution in [2.75, 3.05) is 39.3 Å². The van der Waals surface area contributed by atoms with Crippen molar-refractivity contribution in [2.45, 2.75) is 77.3 Å². The van der Waals surface area contributed by atoms with Crippen molar-refractivity contribution in [1.29, 1.82) is 0 Å². The van der Waals surface area contributed by atoms with E-state index in [1.54, 1.807) is 18.2 Å². The van der Waals surface area contributed by atoms with Gasteiger partial charge >= 0.3 is 0 Å². The SMILES string of the molecule is CC1CC(C)CC(CN2CC[C@@H](CNC(=O)c3ccc(Cl)c(Cl)c3)N[C@@H](CCN3CCCCC3)C2=O)C1. The van der Waals surface area contributed by atoms with Crippen molar-refractivity contribution in [3.8, 4) is 0 Å². The second kappa shape index (κ2) is 13.6. The molecule has 2 N–H and O–H groups in total. The van der Waals surface area contributed by atoms with Crippen LogP contribution in [0.2, 0.25) is 10.0 Å². The van der Waals surface area contributed by atoms with Crippen LogP contribution in [-0.2, 0) is 4.79 Å². The molecule has 2 amide bonds. The number of hydrogen-bond acceptors (Lipinski definition) is 4. The summed E-state index contributed by atoms with van der Waals surface area (Å²) in [5, 5.41) is 7.48. The van der Waals surface area contributed by atoms with E-state index < -0.39 is 0 Å². The summed E-state index contributed by atoms with van der Waals surface area (Å²) >= 11 is 12.1. The van der Waals surface area contributed by atoms with Crippen LogP contribution in [0.4, 0.5) is 0 Å². The Labute approximate surface area is 232 Å². The minimum Gasteiger partial charge on any atom is -0.350 e. The standard InChI is InChI=1S/C29H44Cl2N4O2/c1-20-14-21(2)16-22(15-20)19-35-13-8-24(18-32-28(36)23-6-7-25(30)26(31)17-23)33-27(29(35)37)9-12-34-10-4-3-5-11-34/h6-7,17,20-22,24,27,33H,3-5,8-16,18-19H2,1-2H3,(H,32,36)/t20?,21?,22?,24-,27-/m0/s1. The topological polar surface area (TPSA) is 64.7 Å². The van der Waals surface area contributed by atoms with E-state index in [4.69, 9.17) is 23.2 Å². The number of carbonyl (C=O) groups is 2. The maximum absolute atomic E-state index is 13.8. The van der Waals surface area contributed by atoms with Crippen LogP contribution in [0.5, 0.6) is 0 Å². The molecule has 0 radical (unpaired) electrons. The molecule has 1 aromatic carbocycles. The third kappa shape index (κ3) is 8.32. The summed E-state index contributed by atoms with van der Waals surface area (Å²) in [6, 6.07) is 4.75. The maximum atomic E-state index is 13.8. The van der Waals surface area contributed by atoms with Gasteiger partial charge < -0.3 is 20.4 Å². The summed E-state index contributed by atoms with van der Waals surface area (Å²) in [6.45, 7) is 9.97. The second-order valence-electron chi connectivity index (χ2n) is 11.8. The third-order valence-corrected chi connectivity index (χ3v) is 9.16. The lowest BCUT2D eigenvalue weighted by atomic mass is 9.76. The summed E-state index contributed by atoms with van der Waals surface area (Å²) in [5.41, 5.74) is 0.489. The molecule has 4 rings (SSSR count). The molecule has 2 saturated heterocycles. The Bertz CT molecular complexity index is 913. The summed E-state index contributed by atoms with van der Waals surface area (Å²) in [6.07, 6.45) is 9.16. The highest BCUT2D eigenvalue weighted by Gasteiger charge is 2.34. The molecule has 2 aliphatic heterocycles. The van der Waals surface area contributed by atoms with Gasteiger partial charge in [-0.3, -0.25) is 9.59 Å². The Kier molecular flexibility index (Phi) is 10.6. The third-order valence-electron chi connectivity index (χ3n) is 8.42. The Morgan fingerprint density at radius 3 is 2.46 bits per heavy atom. The number of nitrogens with zero attached hydrogens (tertiary/aromatic N) is 2. The van der Waals surface area contributed by atoms with Crippen molar-refractivity contribution in [3.63, 3.8) is 0 Å². The number of piperidine rings is 1. The quantitative estimate of drug-likeness (QED) is 0.465. The first-order valence-electron chi connectivity index (χ1n) is 14.3. The smallest absolute Gasteiger partial charge is 0.251 e. The molecule has 3 aliphatic rings. The fraction of sp³-hybridized carbons (Fsp3) is 0.724. The molecule has 1 aliphatic carbocycles. The molecule has 4 atom stereocenters. The first-order chi connectivity index (χ1) is 17.8. The predicted molar refractivity (Wildman–Crippen MR) is 151 cm³/mol. The molecule has 2 unspecified atom stereocenters. The van der Waals surface area contributed by atoms with Gasteiger partial charge in [0.1, 0.15) is 0 Å². The van der Waals surface area contributed by atoms with Crippen molar-refractivity contribution >= 4 is 35.0 Å². The number of likely N-dealkylation sites (tertiary alicyclic amines) is 1. The van der Waals surface area contributed by atoms with Gasteiger partial charge in [0, 0.05) is 37.8 Å². The molecule has 6 nitrogen and oxygen atoms in total. The Morgan fingerprint density at radius 2 is 1.76 bits per heavy atom. The lowest BCUT2D eigenvalue weighted by Gasteiger charge is -2.35. The zero-order valence-corrected chi connectivity index (χ0v) is 24.0. The van der Waals surface area contributed by atoms with Crippen LogP contribution in [0.3, 0.4) is 0 Å². The summed E-state index contributed by atoms with van der Waals surface area (Å²) < 4.78 is 0. The Balaban J connectivity index is 1.39. The largest absolute Gasteiger partial charge is 0.350 e. The average molecular weight is 552 g/mol. The van der Waals surface area contributed by atoms with E-state index in [1.807, 2.05) is 0 Å². The summed E-state index contributed by atoms with van der Waals surface area (Å²) in [5.74, 6) is 2.10. The first-order valence-corrected chi connectivity index (χ1v) is 15.0. The molecule has 0 spiro atoms. The second-order valence-corrected chi connectivity index (χ2v) is 12.6. The molecule has 0 aromatic heterocycles. The predicted octanol–water partition coefficient (Wildman–Crippen LogP) is 5.23. The number of halogens is 2. The average Bonchev–Trinajstić information content (AvgIpc) is 3.01. The van der Waals surface area contributed by atoms with Crippen LogP contribution in [-0.4, -0.2) is 73.0 Å². The normalized spacial score (nSPS) is 29.7. The van der Waals surface area contributed by atoms with Gasteiger partial charge in [0.15, 0.2) is 0 Å².